The Morgan fingerprint density at radius 2 is 2.12 bits per heavy atom. The summed E-state index contributed by atoms with van der Waals surface area (Å²) in [5, 5.41) is 9.33. The molecule has 1 aromatic heterocycles. The average Bonchev–Trinajstić information content (AvgIpc) is 2.24. The summed E-state index contributed by atoms with van der Waals surface area (Å²) < 4.78 is 12.9. The number of amides is 1. The summed E-state index contributed by atoms with van der Waals surface area (Å²) in [4.78, 5) is 17.1. The molecule has 0 spiro atoms. The number of pyridine rings is 1. The first-order chi connectivity index (χ1) is 7.91. The fourth-order valence-corrected chi connectivity index (χ4v) is 1.49. The summed E-state index contributed by atoms with van der Waals surface area (Å²) in [6.45, 7) is 5.47. The molecule has 0 aliphatic carbocycles. The maximum atomic E-state index is 12.9. The number of carbonyl (C=O) groups is 1. The van der Waals surface area contributed by atoms with Crippen LogP contribution in [0.1, 0.15) is 31.3 Å². The molecule has 0 aromatic carbocycles. The molecule has 94 valence electrons. The van der Waals surface area contributed by atoms with Gasteiger partial charge in [0.2, 0.25) is 5.95 Å². The zero-order valence-electron chi connectivity index (χ0n) is 10.2. The highest BCUT2D eigenvalue weighted by atomic mass is 19.1. The van der Waals surface area contributed by atoms with E-state index in [-0.39, 0.29) is 24.2 Å². The van der Waals surface area contributed by atoms with Crippen LogP contribution in [0.3, 0.4) is 0 Å². The van der Waals surface area contributed by atoms with Gasteiger partial charge in [-0.05, 0) is 32.9 Å². The van der Waals surface area contributed by atoms with Crippen LogP contribution in [0.5, 0.6) is 0 Å². The van der Waals surface area contributed by atoms with E-state index in [1.54, 1.807) is 6.92 Å². The van der Waals surface area contributed by atoms with E-state index in [2.05, 4.69) is 4.98 Å². The lowest BCUT2D eigenvalue weighted by atomic mass is 10.2. The first-order valence-corrected chi connectivity index (χ1v) is 5.53. The Balaban J connectivity index is 2.92. The number of hydrogen-bond acceptors (Lipinski definition) is 3. The molecule has 1 unspecified atom stereocenters. The smallest absolute Gasteiger partial charge is 0.272 e. The molecule has 0 aliphatic heterocycles. The molecule has 4 nitrogen and oxygen atoms in total. The van der Waals surface area contributed by atoms with Crippen molar-refractivity contribution in [1.82, 2.24) is 9.88 Å². The van der Waals surface area contributed by atoms with Crippen LogP contribution >= 0.6 is 0 Å². The largest absolute Gasteiger partial charge is 0.392 e. The molecular weight excluding hydrogens is 223 g/mol. The lowest BCUT2D eigenvalue weighted by Crippen LogP contribution is -2.41. The Morgan fingerprint density at radius 3 is 2.59 bits per heavy atom. The van der Waals surface area contributed by atoms with Crippen LogP contribution in [-0.2, 0) is 0 Å². The molecule has 17 heavy (non-hydrogen) atoms. The molecule has 1 atom stereocenters. The summed E-state index contributed by atoms with van der Waals surface area (Å²) in [5.41, 5.74) is 0.0550. The van der Waals surface area contributed by atoms with Gasteiger partial charge >= 0.3 is 0 Å². The Hall–Kier alpha value is -1.49. The lowest BCUT2D eigenvalue weighted by molar-refractivity contribution is 0.0572. The Bertz CT molecular complexity index is 394. The molecule has 1 heterocycles. The second-order valence-electron chi connectivity index (χ2n) is 4.25. The quantitative estimate of drug-likeness (QED) is 0.810. The highest BCUT2D eigenvalue weighted by molar-refractivity contribution is 5.92. The van der Waals surface area contributed by atoms with Gasteiger partial charge in [0.25, 0.3) is 5.91 Å². The van der Waals surface area contributed by atoms with Crippen molar-refractivity contribution in [2.75, 3.05) is 6.54 Å². The second-order valence-corrected chi connectivity index (χ2v) is 4.25. The molecule has 0 aliphatic rings. The molecule has 0 saturated carbocycles. The van der Waals surface area contributed by atoms with Gasteiger partial charge in [-0.2, -0.15) is 4.39 Å². The Kier molecular flexibility index (Phi) is 4.57. The highest BCUT2D eigenvalue weighted by Gasteiger charge is 2.21. The van der Waals surface area contributed by atoms with Crippen LogP contribution in [0.25, 0.3) is 0 Å². The average molecular weight is 240 g/mol. The van der Waals surface area contributed by atoms with Crippen LogP contribution in [-0.4, -0.2) is 39.6 Å². The lowest BCUT2D eigenvalue weighted by Gasteiger charge is -2.27. The number of hydrogen-bond donors (Lipinski definition) is 1. The zero-order chi connectivity index (χ0) is 13.0. The molecule has 5 heteroatoms. The topological polar surface area (TPSA) is 53.4 Å². The van der Waals surface area contributed by atoms with E-state index >= 15 is 0 Å². The molecule has 0 fully saturated rings. The van der Waals surface area contributed by atoms with Gasteiger partial charge < -0.3 is 10.0 Å². The van der Waals surface area contributed by atoms with Crippen molar-refractivity contribution in [3.63, 3.8) is 0 Å². The fourth-order valence-electron chi connectivity index (χ4n) is 1.49. The van der Waals surface area contributed by atoms with E-state index < -0.39 is 12.1 Å². The van der Waals surface area contributed by atoms with Gasteiger partial charge in [0, 0.05) is 12.6 Å². The SMILES string of the molecule is CC(O)CN(C(=O)c1cccc(F)n1)C(C)C. The normalized spacial score (nSPS) is 12.6. The summed E-state index contributed by atoms with van der Waals surface area (Å²) >= 11 is 0. The molecule has 0 radical (unpaired) electrons. The fraction of sp³-hybridized carbons (Fsp3) is 0.500. The number of carbonyl (C=O) groups excluding carboxylic acids is 1. The maximum Gasteiger partial charge on any atom is 0.272 e. The third kappa shape index (κ3) is 3.78. The Morgan fingerprint density at radius 1 is 1.47 bits per heavy atom. The van der Waals surface area contributed by atoms with Crippen LogP contribution in [0.2, 0.25) is 0 Å². The van der Waals surface area contributed by atoms with E-state index in [0.717, 1.165) is 0 Å². The second kappa shape index (κ2) is 5.72. The van der Waals surface area contributed by atoms with E-state index in [4.69, 9.17) is 0 Å². The molecular formula is C12H17FN2O2. The molecule has 1 N–H and O–H groups in total. The van der Waals surface area contributed by atoms with Crippen molar-refractivity contribution in [3.05, 3.63) is 29.8 Å². The molecule has 1 rings (SSSR count). The Labute approximate surface area is 100 Å². The highest BCUT2D eigenvalue weighted by Crippen LogP contribution is 2.08. The number of aliphatic hydroxyl groups excluding tert-OH is 1. The van der Waals surface area contributed by atoms with E-state index in [0.29, 0.717) is 0 Å². The predicted octanol–water partition coefficient (Wildman–Crippen LogP) is 1.45. The van der Waals surface area contributed by atoms with Crippen molar-refractivity contribution in [2.45, 2.75) is 32.9 Å². The molecule has 0 bridgehead atoms. The van der Waals surface area contributed by atoms with Gasteiger partial charge in [0.05, 0.1) is 6.10 Å². The summed E-state index contributed by atoms with van der Waals surface area (Å²) in [5.74, 6) is -1.06. The van der Waals surface area contributed by atoms with Crippen LogP contribution < -0.4 is 0 Å². The molecule has 0 saturated heterocycles. The van der Waals surface area contributed by atoms with E-state index in [1.165, 1.54) is 23.1 Å². The summed E-state index contributed by atoms with van der Waals surface area (Å²) in [6, 6.07) is 4.01. The van der Waals surface area contributed by atoms with Gasteiger partial charge in [-0.15, -0.1) is 0 Å². The minimum Gasteiger partial charge on any atom is -0.392 e. The number of aliphatic hydroxyl groups is 1. The van der Waals surface area contributed by atoms with Crippen molar-refractivity contribution >= 4 is 5.91 Å². The van der Waals surface area contributed by atoms with Crippen LogP contribution in [0.15, 0.2) is 18.2 Å². The zero-order valence-corrected chi connectivity index (χ0v) is 10.2. The standard InChI is InChI=1S/C12H17FN2O2/c1-8(2)15(7-9(3)16)12(17)10-5-4-6-11(13)14-10/h4-6,8-9,16H,7H2,1-3H3. The number of halogens is 1. The van der Waals surface area contributed by atoms with Crippen molar-refractivity contribution < 1.29 is 14.3 Å². The first-order valence-electron chi connectivity index (χ1n) is 5.53. The maximum absolute atomic E-state index is 12.9. The van der Waals surface area contributed by atoms with Gasteiger partial charge in [0.15, 0.2) is 0 Å². The predicted molar refractivity (Wildman–Crippen MR) is 62.0 cm³/mol. The van der Waals surface area contributed by atoms with Gasteiger partial charge in [-0.1, -0.05) is 6.07 Å². The van der Waals surface area contributed by atoms with E-state index in [9.17, 15) is 14.3 Å². The third-order valence-electron chi connectivity index (χ3n) is 2.28. The number of nitrogens with zero attached hydrogens (tertiary/aromatic N) is 2. The van der Waals surface area contributed by atoms with Crippen LogP contribution in [0.4, 0.5) is 4.39 Å². The minimum absolute atomic E-state index is 0.0550. The molecule has 1 aromatic rings. The first kappa shape index (κ1) is 13.6. The van der Waals surface area contributed by atoms with E-state index in [1.807, 2.05) is 13.8 Å². The monoisotopic (exact) mass is 240 g/mol. The number of aromatic nitrogens is 1. The number of rotatable bonds is 4. The third-order valence-corrected chi connectivity index (χ3v) is 2.28. The van der Waals surface area contributed by atoms with Crippen molar-refractivity contribution in [1.29, 1.82) is 0 Å². The van der Waals surface area contributed by atoms with Crippen molar-refractivity contribution in [2.24, 2.45) is 0 Å². The minimum atomic E-state index is -0.684. The molecule has 1 amide bonds. The van der Waals surface area contributed by atoms with Gasteiger partial charge in [0.1, 0.15) is 5.69 Å². The van der Waals surface area contributed by atoms with Gasteiger partial charge in [-0.25, -0.2) is 4.98 Å². The van der Waals surface area contributed by atoms with Crippen molar-refractivity contribution in [3.8, 4) is 0 Å². The summed E-state index contributed by atoms with van der Waals surface area (Å²) in [7, 11) is 0. The van der Waals surface area contributed by atoms with Gasteiger partial charge in [-0.3, -0.25) is 4.79 Å². The summed E-state index contributed by atoms with van der Waals surface area (Å²) in [6.07, 6.45) is -0.630. The van der Waals surface area contributed by atoms with Crippen LogP contribution in [0, 0.1) is 5.95 Å².